The Kier molecular flexibility index (Phi) is 7.99. The van der Waals surface area contributed by atoms with E-state index in [0.717, 1.165) is 10.4 Å². The van der Waals surface area contributed by atoms with E-state index in [1.807, 2.05) is 10.3 Å². The number of pyridine rings is 1. The molecule has 0 unspecified atom stereocenters. The van der Waals surface area contributed by atoms with Crippen molar-refractivity contribution in [3.05, 3.63) is 58.6 Å². The van der Waals surface area contributed by atoms with Crippen LogP contribution in [-0.2, 0) is 16.6 Å². The van der Waals surface area contributed by atoms with Gasteiger partial charge in [0.15, 0.2) is 0 Å². The fourth-order valence-corrected chi connectivity index (χ4v) is 5.00. The van der Waals surface area contributed by atoms with Crippen LogP contribution < -0.4 is 15.6 Å². The standard InChI is InChI=1S/C20H24ClF2N5O3S/c21-18-11-17(3-4-19(18)23)28(13-16-2-1-14(12-25-16)20(29)26-24)32(30,31)10-9-27-7-5-15(22)6-8-27/h1-4,11-12,15H,5-10,13,24H2,(H,26,29). The molecule has 1 aromatic carbocycles. The van der Waals surface area contributed by atoms with Gasteiger partial charge in [0, 0.05) is 25.8 Å². The molecule has 2 heterocycles. The highest BCUT2D eigenvalue weighted by Gasteiger charge is 2.26. The highest BCUT2D eigenvalue weighted by atomic mass is 35.5. The second kappa shape index (κ2) is 10.5. The first-order chi connectivity index (χ1) is 15.2. The lowest BCUT2D eigenvalue weighted by atomic mass is 10.1. The van der Waals surface area contributed by atoms with Crippen LogP contribution in [0.4, 0.5) is 14.5 Å². The van der Waals surface area contributed by atoms with Crippen molar-refractivity contribution in [1.29, 1.82) is 0 Å². The molecule has 0 spiro atoms. The number of anilines is 1. The van der Waals surface area contributed by atoms with Crippen molar-refractivity contribution in [2.45, 2.75) is 25.6 Å². The highest BCUT2D eigenvalue weighted by Crippen LogP contribution is 2.27. The number of benzene rings is 1. The molecule has 174 valence electrons. The lowest BCUT2D eigenvalue weighted by Gasteiger charge is -2.30. The lowest BCUT2D eigenvalue weighted by molar-refractivity contribution is 0.0953. The number of hydrazine groups is 1. The number of amides is 1. The van der Waals surface area contributed by atoms with E-state index in [-0.39, 0.29) is 35.1 Å². The van der Waals surface area contributed by atoms with Crippen molar-refractivity contribution in [2.75, 3.05) is 29.7 Å². The molecule has 1 saturated heterocycles. The van der Waals surface area contributed by atoms with E-state index in [9.17, 15) is 22.0 Å². The Hall–Kier alpha value is -2.34. The van der Waals surface area contributed by atoms with Crippen LogP contribution in [0.5, 0.6) is 0 Å². The molecule has 0 atom stereocenters. The Bertz CT molecular complexity index is 1050. The van der Waals surface area contributed by atoms with E-state index in [4.69, 9.17) is 17.4 Å². The molecule has 0 bridgehead atoms. The van der Waals surface area contributed by atoms with Gasteiger partial charge in [-0.3, -0.25) is 19.5 Å². The fourth-order valence-electron chi connectivity index (χ4n) is 3.35. The highest BCUT2D eigenvalue weighted by molar-refractivity contribution is 7.92. The molecule has 1 aliphatic rings. The number of aromatic nitrogens is 1. The second-order valence-electron chi connectivity index (χ2n) is 7.45. The van der Waals surface area contributed by atoms with Crippen molar-refractivity contribution in [3.63, 3.8) is 0 Å². The maximum Gasteiger partial charge on any atom is 0.266 e. The van der Waals surface area contributed by atoms with Gasteiger partial charge in [0.2, 0.25) is 10.0 Å². The number of piperidine rings is 1. The molecule has 0 aliphatic carbocycles. The number of nitrogens with one attached hydrogen (secondary N) is 1. The van der Waals surface area contributed by atoms with Gasteiger partial charge in [0.1, 0.15) is 12.0 Å². The van der Waals surface area contributed by atoms with Gasteiger partial charge in [-0.1, -0.05) is 11.6 Å². The van der Waals surface area contributed by atoms with Gasteiger partial charge in [0.25, 0.3) is 5.91 Å². The third kappa shape index (κ3) is 6.12. The number of sulfonamides is 1. The molecule has 1 fully saturated rings. The normalized spacial score (nSPS) is 15.5. The minimum absolute atomic E-state index is 0.151. The van der Waals surface area contributed by atoms with Gasteiger partial charge in [-0.25, -0.2) is 23.0 Å². The number of likely N-dealkylation sites (tertiary alicyclic amines) is 1. The van der Waals surface area contributed by atoms with Gasteiger partial charge in [0.05, 0.1) is 34.3 Å². The number of hydrogen-bond donors (Lipinski definition) is 2. The van der Waals surface area contributed by atoms with Crippen LogP contribution in [0.2, 0.25) is 5.02 Å². The summed E-state index contributed by atoms with van der Waals surface area (Å²) in [6, 6.07) is 6.62. The van der Waals surface area contributed by atoms with Crippen LogP contribution in [0.15, 0.2) is 36.5 Å². The number of nitrogens with two attached hydrogens (primary N) is 1. The molecule has 1 aromatic heterocycles. The summed E-state index contributed by atoms with van der Waals surface area (Å²) in [5.74, 6) is 3.69. The minimum atomic E-state index is -3.87. The average Bonchev–Trinajstić information content (AvgIpc) is 2.79. The van der Waals surface area contributed by atoms with E-state index in [0.29, 0.717) is 31.6 Å². The summed E-state index contributed by atoms with van der Waals surface area (Å²) >= 11 is 5.88. The number of carbonyl (C=O) groups excluding carboxylic acids is 1. The molecule has 12 heteroatoms. The molecule has 3 rings (SSSR count). The Morgan fingerprint density at radius 2 is 2.00 bits per heavy atom. The topological polar surface area (TPSA) is 109 Å². The van der Waals surface area contributed by atoms with Crippen LogP contribution in [0.25, 0.3) is 0 Å². The van der Waals surface area contributed by atoms with Crippen molar-refractivity contribution < 1.29 is 22.0 Å². The largest absolute Gasteiger partial charge is 0.302 e. The number of halogens is 3. The van der Waals surface area contributed by atoms with Crippen LogP contribution >= 0.6 is 11.6 Å². The Balaban J connectivity index is 1.82. The van der Waals surface area contributed by atoms with E-state index >= 15 is 0 Å². The van der Waals surface area contributed by atoms with Crippen molar-refractivity contribution in [3.8, 4) is 0 Å². The van der Waals surface area contributed by atoms with E-state index in [1.165, 1.54) is 30.5 Å². The molecule has 0 saturated carbocycles. The maximum absolute atomic E-state index is 13.7. The number of carbonyl (C=O) groups is 1. The zero-order valence-electron chi connectivity index (χ0n) is 17.2. The summed E-state index contributed by atoms with van der Waals surface area (Å²) in [5.41, 5.74) is 2.75. The molecular weight excluding hydrogens is 464 g/mol. The van der Waals surface area contributed by atoms with Gasteiger partial charge < -0.3 is 4.90 Å². The van der Waals surface area contributed by atoms with Gasteiger partial charge in [-0.2, -0.15) is 0 Å². The molecule has 32 heavy (non-hydrogen) atoms. The Labute approximate surface area is 190 Å². The third-order valence-electron chi connectivity index (χ3n) is 5.23. The zero-order chi connectivity index (χ0) is 23.3. The average molecular weight is 488 g/mol. The molecule has 2 aromatic rings. The molecule has 0 radical (unpaired) electrons. The monoisotopic (exact) mass is 487 g/mol. The first kappa shape index (κ1) is 24.3. The Morgan fingerprint density at radius 3 is 2.59 bits per heavy atom. The third-order valence-corrected chi connectivity index (χ3v) is 7.23. The summed E-state index contributed by atoms with van der Waals surface area (Å²) in [7, 11) is -3.87. The second-order valence-corrected chi connectivity index (χ2v) is 9.87. The summed E-state index contributed by atoms with van der Waals surface area (Å²) in [6.45, 7) is 1.07. The predicted molar refractivity (Wildman–Crippen MR) is 118 cm³/mol. The fraction of sp³-hybridized carbons (Fsp3) is 0.400. The molecule has 3 N–H and O–H groups in total. The van der Waals surface area contributed by atoms with Crippen molar-refractivity contribution in [2.24, 2.45) is 5.84 Å². The van der Waals surface area contributed by atoms with Gasteiger partial charge in [-0.05, 0) is 43.2 Å². The first-order valence-electron chi connectivity index (χ1n) is 9.97. The first-order valence-corrected chi connectivity index (χ1v) is 12.0. The van der Waals surface area contributed by atoms with Crippen LogP contribution in [0.3, 0.4) is 0 Å². The number of nitrogens with zero attached hydrogens (tertiary/aromatic N) is 3. The van der Waals surface area contributed by atoms with Gasteiger partial charge >= 0.3 is 0 Å². The number of hydrogen-bond acceptors (Lipinski definition) is 6. The number of nitrogen functional groups attached to an aromatic ring is 1. The van der Waals surface area contributed by atoms with Crippen molar-refractivity contribution in [1.82, 2.24) is 15.3 Å². The number of rotatable bonds is 8. The summed E-state index contributed by atoms with van der Waals surface area (Å²) in [4.78, 5) is 17.6. The van der Waals surface area contributed by atoms with Crippen LogP contribution in [0, 0.1) is 5.82 Å². The summed E-state index contributed by atoms with van der Waals surface area (Å²) in [5, 5.41) is -0.212. The molecular formula is C20H24ClF2N5O3S. The smallest absolute Gasteiger partial charge is 0.266 e. The van der Waals surface area contributed by atoms with Gasteiger partial charge in [-0.15, -0.1) is 0 Å². The van der Waals surface area contributed by atoms with E-state index < -0.39 is 27.9 Å². The minimum Gasteiger partial charge on any atom is -0.302 e. The SMILES string of the molecule is NNC(=O)c1ccc(CN(c2ccc(F)c(Cl)c2)S(=O)(=O)CCN2CCC(F)CC2)nc1. The van der Waals surface area contributed by atoms with E-state index in [2.05, 4.69) is 4.98 Å². The molecule has 1 amide bonds. The maximum atomic E-state index is 13.7. The van der Waals surface area contributed by atoms with Crippen LogP contribution in [-0.4, -0.2) is 55.8 Å². The number of alkyl halides is 1. The van der Waals surface area contributed by atoms with Crippen LogP contribution in [0.1, 0.15) is 28.9 Å². The summed E-state index contributed by atoms with van der Waals surface area (Å²) in [6.07, 6.45) is 1.19. The molecule has 1 aliphatic heterocycles. The zero-order valence-corrected chi connectivity index (χ0v) is 18.7. The Morgan fingerprint density at radius 1 is 1.28 bits per heavy atom. The predicted octanol–water partition coefficient (Wildman–Crippen LogP) is 2.25. The lowest BCUT2D eigenvalue weighted by Crippen LogP contribution is -2.41. The molecule has 8 nitrogen and oxygen atoms in total. The van der Waals surface area contributed by atoms with Crippen molar-refractivity contribution >= 4 is 33.2 Å². The van der Waals surface area contributed by atoms with E-state index in [1.54, 1.807) is 0 Å². The summed E-state index contributed by atoms with van der Waals surface area (Å²) < 4.78 is 54.6. The quantitative estimate of drug-likeness (QED) is 0.336.